The lowest BCUT2D eigenvalue weighted by Crippen LogP contribution is -2.14. The largest absolute Gasteiger partial charge is 0.496 e. The number of aryl methyl sites for hydroxylation is 2. The molecule has 0 radical (unpaired) electrons. The number of nitrogens with one attached hydrogen (secondary N) is 2. The maximum Gasteiger partial charge on any atom is 0.266 e. The number of thiophene rings is 1. The highest BCUT2D eigenvalue weighted by atomic mass is 32.1. The van der Waals surface area contributed by atoms with E-state index in [0.717, 1.165) is 22.6 Å². The van der Waals surface area contributed by atoms with Crippen LogP contribution in [-0.4, -0.2) is 23.0 Å². The van der Waals surface area contributed by atoms with Gasteiger partial charge in [0, 0.05) is 17.7 Å². The van der Waals surface area contributed by atoms with Gasteiger partial charge in [-0.2, -0.15) is 0 Å². The molecule has 2 aromatic heterocycles. The number of H-pyrrole nitrogens is 1. The highest BCUT2D eigenvalue weighted by Crippen LogP contribution is 2.29. The fraction of sp³-hybridized carbons (Fsp3) is 0.174. The third kappa shape index (κ3) is 3.71. The van der Waals surface area contributed by atoms with Gasteiger partial charge in [-0.3, -0.25) is 9.59 Å². The Labute approximate surface area is 177 Å². The van der Waals surface area contributed by atoms with Crippen LogP contribution in [0.4, 0.5) is 5.69 Å². The maximum absolute atomic E-state index is 12.9. The van der Waals surface area contributed by atoms with Crippen LogP contribution < -0.4 is 15.6 Å². The normalized spacial score (nSPS) is 10.9. The number of para-hydroxylation sites is 2. The number of aromatic amines is 1. The van der Waals surface area contributed by atoms with Crippen LogP contribution in [0.2, 0.25) is 0 Å². The van der Waals surface area contributed by atoms with Crippen molar-refractivity contribution in [2.45, 2.75) is 20.3 Å². The van der Waals surface area contributed by atoms with Gasteiger partial charge in [-0.05, 0) is 37.1 Å². The van der Waals surface area contributed by atoms with Crippen LogP contribution in [0.1, 0.15) is 32.2 Å². The average molecular weight is 420 g/mol. The molecule has 2 aromatic carbocycles. The summed E-state index contributed by atoms with van der Waals surface area (Å²) in [4.78, 5) is 34.1. The van der Waals surface area contributed by atoms with Gasteiger partial charge in [0.25, 0.3) is 11.5 Å². The Morgan fingerprint density at radius 2 is 1.87 bits per heavy atom. The van der Waals surface area contributed by atoms with Crippen molar-refractivity contribution >= 4 is 33.1 Å². The van der Waals surface area contributed by atoms with E-state index in [1.807, 2.05) is 55.5 Å². The number of hydrogen-bond acceptors (Lipinski definition) is 5. The molecule has 30 heavy (non-hydrogen) atoms. The van der Waals surface area contributed by atoms with Crippen LogP contribution in [0.5, 0.6) is 5.75 Å². The molecule has 2 heterocycles. The summed E-state index contributed by atoms with van der Waals surface area (Å²) in [6.07, 6.45) is 0.427. The second-order valence-electron chi connectivity index (χ2n) is 7.01. The third-order valence-corrected chi connectivity index (χ3v) is 6.18. The van der Waals surface area contributed by atoms with Crippen LogP contribution in [0.25, 0.3) is 10.2 Å². The Morgan fingerprint density at radius 1 is 1.13 bits per heavy atom. The van der Waals surface area contributed by atoms with Gasteiger partial charge in [0.1, 0.15) is 16.4 Å². The summed E-state index contributed by atoms with van der Waals surface area (Å²) in [6.45, 7) is 3.71. The zero-order valence-corrected chi connectivity index (χ0v) is 17.7. The van der Waals surface area contributed by atoms with Gasteiger partial charge < -0.3 is 15.0 Å². The molecule has 0 saturated carbocycles. The lowest BCUT2D eigenvalue weighted by Gasteiger charge is -2.07. The van der Waals surface area contributed by atoms with Crippen molar-refractivity contribution in [2.75, 3.05) is 12.4 Å². The van der Waals surface area contributed by atoms with Crippen molar-refractivity contribution in [1.82, 2.24) is 9.97 Å². The second-order valence-corrected chi connectivity index (χ2v) is 8.01. The Bertz CT molecular complexity index is 1310. The predicted molar refractivity (Wildman–Crippen MR) is 120 cm³/mol. The SMILES string of the molecule is COc1ccccc1Cc1nc2sc(C(=O)Nc3ccccc3C)c(C)c2c(=O)[nH]1. The number of anilines is 1. The molecule has 4 aromatic rings. The van der Waals surface area contributed by atoms with Gasteiger partial charge in [0.15, 0.2) is 0 Å². The number of carbonyl (C=O) groups is 1. The zero-order valence-electron chi connectivity index (χ0n) is 16.9. The van der Waals surface area contributed by atoms with Crippen molar-refractivity contribution < 1.29 is 9.53 Å². The molecule has 6 nitrogen and oxygen atoms in total. The summed E-state index contributed by atoms with van der Waals surface area (Å²) in [7, 11) is 1.61. The van der Waals surface area contributed by atoms with E-state index < -0.39 is 0 Å². The van der Waals surface area contributed by atoms with Crippen LogP contribution in [0, 0.1) is 13.8 Å². The first kappa shape index (κ1) is 19.8. The summed E-state index contributed by atoms with van der Waals surface area (Å²) in [5.41, 5.74) is 3.04. The lowest BCUT2D eigenvalue weighted by molar-refractivity contribution is 0.103. The van der Waals surface area contributed by atoms with Gasteiger partial charge in [-0.25, -0.2) is 4.98 Å². The number of amides is 1. The molecule has 2 N–H and O–H groups in total. The molecule has 7 heteroatoms. The first-order valence-electron chi connectivity index (χ1n) is 9.49. The summed E-state index contributed by atoms with van der Waals surface area (Å²) in [5, 5.41) is 3.39. The van der Waals surface area contributed by atoms with Gasteiger partial charge >= 0.3 is 0 Å². The zero-order chi connectivity index (χ0) is 21.3. The van der Waals surface area contributed by atoms with E-state index in [9.17, 15) is 9.59 Å². The molecule has 0 unspecified atom stereocenters. The van der Waals surface area contributed by atoms with E-state index in [4.69, 9.17) is 4.74 Å². The van der Waals surface area contributed by atoms with Crippen LogP contribution in [0.3, 0.4) is 0 Å². The number of methoxy groups -OCH3 is 1. The fourth-order valence-electron chi connectivity index (χ4n) is 3.41. The number of nitrogens with zero attached hydrogens (tertiary/aromatic N) is 1. The summed E-state index contributed by atoms with van der Waals surface area (Å²) < 4.78 is 5.39. The summed E-state index contributed by atoms with van der Waals surface area (Å²) in [5.74, 6) is 1.03. The first-order chi connectivity index (χ1) is 14.5. The van der Waals surface area contributed by atoms with Gasteiger partial charge in [-0.15, -0.1) is 11.3 Å². The smallest absolute Gasteiger partial charge is 0.266 e. The highest BCUT2D eigenvalue weighted by molar-refractivity contribution is 7.20. The molecule has 0 atom stereocenters. The quantitative estimate of drug-likeness (QED) is 0.500. The Kier molecular flexibility index (Phi) is 5.37. The molecule has 0 aliphatic carbocycles. The fourth-order valence-corrected chi connectivity index (χ4v) is 4.51. The molecule has 0 aliphatic rings. The average Bonchev–Trinajstić information content (AvgIpc) is 3.07. The van der Waals surface area contributed by atoms with Gasteiger partial charge in [-0.1, -0.05) is 36.4 Å². The lowest BCUT2D eigenvalue weighted by atomic mass is 10.1. The van der Waals surface area contributed by atoms with Gasteiger partial charge in [0.2, 0.25) is 0 Å². The summed E-state index contributed by atoms with van der Waals surface area (Å²) in [6, 6.07) is 15.2. The van der Waals surface area contributed by atoms with E-state index in [1.165, 1.54) is 11.3 Å². The number of carbonyl (C=O) groups excluding carboxylic acids is 1. The standard InChI is InChI=1S/C23H21N3O3S/c1-13-8-4-6-10-16(13)24-22(28)20-14(2)19-21(27)25-18(26-23(19)30-20)12-15-9-5-7-11-17(15)29-3/h4-11H,12H2,1-3H3,(H,24,28)(H,25,26,27). The number of fused-ring (bicyclic) bond motifs is 1. The Balaban J connectivity index is 1.70. The predicted octanol–water partition coefficient (Wildman–Crippen LogP) is 4.45. The van der Waals surface area contributed by atoms with Crippen molar-refractivity contribution in [3.8, 4) is 5.75 Å². The highest BCUT2D eigenvalue weighted by Gasteiger charge is 2.20. The van der Waals surface area contributed by atoms with Crippen LogP contribution >= 0.6 is 11.3 Å². The van der Waals surface area contributed by atoms with E-state index in [-0.39, 0.29) is 11.5 Å². The molecule has 152 valence electrons. The number of rotatable bonds is 5. The minimum absolute atomic E-state index is 0.240. The van der Waals surface area contributed by atoms with Crippen LogP contribution in [0.15, 0.2) is 53.3 Å². The monoisotopic (exact) mass is 419 g/mol. The molecule has 0 saturated heterocycles. The molecule has 0 bridgehead atoms. The van der Waals surface area contributed by atoms with E-state index in [2.05, 4.69) is 15.3 Å². The molecular weight excluding hydrogens is 398 g/mol. The van der Waals surface area contributed by atoms with Crippen molar-refractivity contribution in [3.63, 3.8) is 0 Å². The Morgan fingerprint density at radius 3 is 2.63 bits per heavy atom. The van der Waals surface area contributed by atoms with E-state index in [1.54, 1.807) is 14.0 Å². The molecule has 0 aliphatic heterocycles. The van der Waals surface area contributed by atoms with Gasteiger partial charge in [0.05, 0.1) is 17.4 Å². The van der Waals surface area contributed by atoms with E-state index in [0.29, 0.717) is 32.9 Å². The van der Waals surface area contributed by atoms with Crippen molar-refractivity contribution in [2.24, 2.45) is 0 Å². The minimum atomic E-state index is -0.242. The maximum atomic E-state index is 12.9. The van der Waals surface area contributed by atoms with Crippen molar-refractivity contribution in [1.29, 1.82) is 0 Å². The molecule has 0 fully saturated rings. The van der Waals surface area contributed by atoms with Crippen LogP contribution in [-0.2, 0) is 6.42 Å². The third-order valence-electron chi connectivity index (χ3n) is 5.00. The molecule has 0 spiro atoms. The number of hydrogen-bond donors (Lipinski definition) is 2. The van der Waals surface area contributed by atoms with E-state index >= 15 is 0 Å². The Hall–Kier alpha value is -3.45. The summed E-state index contributed by atoms with van der Waals surface area (Å²) >= 11 is 1.23. The molecule has 4 rings (SSSR count). The topological polar surface area (TPSA) is 84.1 Å². The number of ether oxygens (including phenoxy) is 1. The molecule has 1 amide bonds. The second kappa shape index (κ2) is 8.12. The number of aromatic nitrogens is 2. The minimum Gasteiger partial charge on any atom is -0.496 e. The number of benzene rings is 2. The first-order valence-corrected chi connectivity index (χ1v) is 10.3. The van der Waals surface area contributed by atoms with Crippen molar-refractivity contribution in [3.05, 3.63) is 86.3 Å². The molecular formula is C23H21N3O3S.